The Morgan fingerprint density at radius 1 is 1.33 bits per heavy atom. The van der Waals surface area contributed by atoms with Gasteiger partial charge in [0, 0.05) is 37.3 Å². The molecule has 0 unspecified atom stereocenters. The van der Waals surface area contributed by atoms with Crippen molar-refractivity contribution in [3.63, 3.8) is 0 Å². The molecule has 1 heterocycles. The highest BCUT2D eigenvalue weighted by Crippen LogP contribution is 2.24. The van der Waals surface area contributed by atoms with Crippen LogP contribution in [0.1, 0.15) is 27.7 Å². The summed E-state index contributed by atoms with van der Waals surface area (Å²) in [5.41, 5.74) is -0.0450. The molecule has 0 radical (unpaired) electrons. The van der Waals surface area contributed by atoms with Gasteiger partial charge < -0.3 is 10.1 Å². The number of nitrogens with one attached hydrogen (secondary N) is 1. The predicted octanol–water partition coefficient (Wildman–Crippen LogP) is 2.53. The summed E-state index contributed by atoms with van der Waals surface area (Å²) in [4.78, 5) is 17.0. The molecule has 0 aliphatic rings. The fourth-order valence-corrected chi connectivity index (χ4v) is 2.24. The van der Waals surface area contributed by atoms with E-state index in [1.165, 1.54) is 19.2 Å². The molecular weight excluding hydrogens is 272 g/mol. The summed E-state index contributed by atoms with van der Waals surface area (Å²) in [6.45, 7) is 9.89. The van der Waals surface area contributed by atoms with Crippen molar-refractivity contribution in [2.24, 2.45) is 0 Å². The molecule has 0 spiro atoms. The molecule has 1 aromatic rings. The van der Waals surface area contributed by atoms with Crippen molar-refractivity contribution >= 4 is 11.5 Å². The van der Waals surface area contributed by atoms with E-state index in [1.807, 2.05) is 0 Å². The molecule has 1 N–H and O–H groups in total. The number of aromatic nitrogens is 1. The first-order valence-electron chi connectivity index (χ1n) is 7.05. The standard InChI is InChI=1S/C14H24N4O3/c1-10(2)17(11(3)4)9-8-15-14-12(18(19)20)6-7-13(16-14)21-5/h6-7,10-11H,8-9H2,1-5H3,(H,15,16). The number of hydrogen-bond acceptors (Lipinski definition) is 6. The minimum absolute atomic E-state index is 0.0450. The molecule has 0 atom stereocenters. The van der Waals surface area contributed by atoms with Crippen molar-refractivity contribution in [1.82, 2.24) is 9.88 Å². The van der Waals surface area contributed by atoms with Gasteiger partial charge in [0.25, 0.3) is 0 Å². The molecule has 0 saturated carbocycles. The Labute approximate surface area is 125 Å². The van der Waals surface area contributed by atoms with Crippen molar-refractivity contribution in [2.75, 3.05) is 25.5 Å². The SMILES string of the molecule is COc1ccc([N+](=O)[O-])c(NCCN(C(C)C)C(C)C)n1. The maximum absolute atomic E-state index is 11.0. The van der Waals surface area contributed by atoms with Crippen molar-refractivity contribution in [3.8, 4) is 5.88 Å². The van der Waals surface area contributed by atoms with Gasteiger partial charge in [-0.3, -0.25) is 15.0 Å². The van der Waals surface area contributed by atoms with Crippen LogP contribution < -0.4 is 10.1 Å². The van der Waals surface area contributed by atoms with Gasteiger partial charge in [0.2, 0.25) is 11.7 Å². The van der Waals surface area contributed by atoms with Crippen LogP contribution in [0, 0.1) is 10.1 Å². The molecule has 21 heavy (non-hydrogen) atoms. The Hall–Kier alpha value is -1.89. The number of nitro groups is 1. The monoisotopic (exact) mass is 296 g/mol. The Morgan fingerprint density at radius 2 is 1.95 bits per heavy atom. The van der Waals surface area contributed by atoms with Gasteiger partial charge in [0.05, 0.1) is 12.0 Å². The summed E-state index contributed by atoms with van der Waals surface area (Å²) in [6.07, 6.45) is 0. The highest BCUT2D eigenvalue weighted by Gasteiger charge is 2.17. The Kier molecular flexibility index (Phi) is 6.36. The zero-order chi connectivity index (χ0) is 16.0. The highest BCUT2D eigenvalue weighted by atomic mass is 16.6. The fraction of sp³-hybridized carbons (Fsp3) is 0.643. The van der Waals surface area contributed by atoms with Gasteiger partial charge in [-0.05, 0) is 27.7 Å². The second kappa shape index (κ2) is 7.78. The number of pyridine rings is 1. The lowest BCUT2D eigenvalue weighted by molar-refractivity contribution is -0.384. The normalized spacial score (nSPS) is 11.2. The summed E-state index contributed by atoms with van der Waals surface area (Å²) >= 11 is 0. The van der Waals surface area contributed by atoms with Crippen LogP contribution in [0.15, 0.2) is 12.1 Å². The van der Waals surface area contributed by atoms with Gasteiger partial charge in [-0.2, -0.15) is 4.98 Å². The van der Waals surface area contributed by atoms with Gasteiger partial charge in [-0.15, -0.1) is 0 Å². The number of anilines is 1. The van der Waals surface area contributed by atoms with Crippen LogP contribution in [0.5, 0.6) is 5.88 Å². The molecule has 0 aliphatic heterocycles. The van der Waals surface area contributed by atoms with Gasteiger partial charge in [0.1, 0.15) is 0 Å². The van der Waals surface area contributed by atoms with Crippen LogP contribution in [-0.4, -0.2) is 47.1 Å². The van der Waals surface area contributed by atoms with Crippen molar-refractivity contribution in [1.29, 1.82) is 0 Å². The quantitative estimate of drug-likeness (QED) is 0.586. The molecule has 0 aromatic carbocycles. The molecule has 7 nitrogen and oxygen atoms in total. The van der Waals surface area contributed by atoms with E-state index in [4.69, 9.17) is 4.74 Å². The number of hydrogen-bond donors (Lipinski definition) is 1. The Bertz CT molecular complexity index is 469. The van der Waals surface area contributed by atoms with E-state index >= 15 is 0 Å². The lowest BCUT2D eigenvalue weighted by atomic mass is 10.2. The van der Waals surface area contributed by atoms with Crippen LogP contribution in [-0.2, 0) is 0 Å². The van der Waals surface area contributed by atoms with E-state index in [2.05, 4.69) is 42.9 Å². The van der Waals surface area contributed by atoms with E-state index in [-0.39, 0.29) is 11.5 Å². The van der Waals surface area contributed by atoms with E-state index < -0.39 is 4.92 Å². The van der Waals surface area contributed by atoms with E-state index in [9.17, 15) is 10.1 Å². The maximum Gasteiger partial charge on any atom is 0.311 e. The molecule has 7 heteroatoms. The van der Waals surface area contributed by atoms with E-state index in [0.29, 0.717) is 24.5 Å². The lowest BCUT2D eigenvalue weighted by Crippen LogP contribution is -2.40. The van der Waals surface area contributed by atoms with Gasteiger partial charge in [0.15, 0.2) is 0 Å². The summed E-state index contributed by atoms with van der Waals surface area (Å²) in [5, 5.41) is 14.0. The molecule has 0 saturated heterocycles. The fourth-order valence-electron chi connectivity index (χ4n) is 2.24. The first-order valence-corrected chi connectivity index (χ1v) is 7.05. The molecular formula is C14H24N4O3. The predicted molar refractivity (Wildman–Crippen MR) is 82.9 cm³/mol. The molecule has 0 amide bonds. The summed E-state index contributed by atoms with van der Waals surface area (Å²) in [5.74, 6) is 0.597. The smallest absolute Gasteiger partial charge is 0.311 e. The average Bonchev–Trinajstić information content (AvgIpc) is 2.42. The molecule has 118 valence electrons. The molecule has 1 aromatic heterocycles. The maximum atomic E-state index is 11.0. The van der Waals surface area contributed by atoms with Crippen LogP contribution in [0.25, 0.3) is 0 Å². The number of ether oxygens (including phenoxy) is 1. The van der Waals surface area contributed by atoms with Crippen molar-refractivity contribution in [3.05, 3.63) is 22.2 Å². The number of methoxy groups -OCH3 is 1. The Balaban J connectivity index is 2.75. The second-order valence-electron chi connectivity index (χ2n) is 5.33. The first kappa shape index (κ1) is 17.2. The van der Waals surface area contributed by atoms with E-state index in [1.54, 1.807) is 0 Å². The summed E-state index contributed by atoms with van der Waals surface area (Å²) in [6, 6.07) is 3.72. The highest BCUT2D eigenvalue weighted by molar-refractivity contribution is 5.57. The minimum Gasteiger partial charge on any atom is -0.481 e. The molecule has 0 fully saturated rings. The summed E-state index contributed by atoms with van der Waals surface area (Å²) < 4.78 is 5.01. The number of nitrogens with zero attached hydrogens (tertiary/aromatic N) is 3. The Morgan fingerprint density at radius 3 is 2.43 bits per heavy atom. The summed E-state index contributed by atoms with van der Waals surface area (Å²) in [7, 11) is 1.48. The van der Waals surface area contributed by atoms with Crippen LogP contribution in [0.3, 0.4) is 0 Å². The third-order valence-electron chi connectivity index (χ3n) is 3.24. The first-order chi connectivity index (χ1) is 9.86. The third-order valence-corrected chi connectivity index (χ3v) is 3.24. The second-order valence-corrected chi connectivity index (χ2v) is 5.33. The largest absolute Gasteiger partial charge is 0.481 e. The lowest BCUT2D eigenvalue weighted by Gasteiger charge is -2.30. The van der Waals surface area contributed by atoms with Crippen LogP contribution >= 0.6 is 0 Å². The molecule has 1 rings (SSSR count). The molecule has 0 bridgehead atoms. The topological polar surface area (TPSA) is 80.5 Å². The average molecular weight is 296 g/mol. The van der Waals surface area contributed by atoms with Crippen LogP contribution in [0.4, 0.5) is 11.5 Å². The van der Waals surface area contributed by atoms with Crippen molar-refractivity contribution in [2.45, 2.75) is 39.8 Å². The third kappa shape index (κ3) is 4.86. The number of rotatable bonds is 8. The van der Waals surface area contributed by atoms with Crippen molar-refractivity contribution < 1.29 is 9.66 Å². The zero-order valence-electron chi connectivity index (χ0n) is 13.3. The van der Waals surface area contributed by atoms with E-state index in [0.717, 1.165) is 6.54 Å². The van der Waals surface area contributed by atoms with Crippen LogP contribution in [0.2, 0.25) is 0 Å². The van der Waals surface area contributed by atoms with Gasteiger partial charge in [-0.25, -0.2) is 0 Å². The van der Waals surface area contributed by atoms with Gasteiger partial charge in [-0.1, -0.05) is 0 Å². The minimum atomic E-state index is -0.447. The molecule has 0 aliphatic carbocycles. The zero-order valence-corrected chi connectivity index (χ0v) is 13.3. The van der Waals surface area contributed by atoms with Gasteiger partial charge >= 0.3 is 5.69 Å².